The molecule has 0 aliphatic carbocycles. The van der Waals surface area contributed by atoms with Crippen molar-refractivity contribution in [2.24, 2.45) is 0 Å². The van der Waals surface area contributed by atoms with Crippen LogP contribution in [0, 0.1) is 5.82 Å². The van der Waals surface area contributed by atoms with Crippen LogP contribution in [-0.2, 0) is 4.74 Å². The molecule has 26 heavy (non-hydrogen) atoms. The van der Waals surface area contributed by atoms with Crippen LogP contribution in [-0.4, -0.2) is 31.2 Å². The van der Waals surface area contributed by atoms with Crippen LogP contribution in [0.15, 0.2) is 48.5 Å². The van der Waals surface area contributed by atoms with Crippen molar-refractivity contribution in [2.45, 2.75) is 18.9 Å². The Kier molecular flexibility index (Phi) is 5.80. The van der Waals surface area contributed by atoms with Gasteiger partial charge in [0, 0.05) is 24.5 Å². The van der Waals surface area contributed by atoms with Gasteiger partial charge in [0.1, 0.15) is 5.82 Å². The molecule has 1 saturated heterocycles. The molecule has 2 aromatic carbocycles. The Morgan fingerprint density at radius 2 is 1.73 bits per heavy atom. The van der Waals surface area contributed by atoms with Crippen molar-refractivity contribution < 1.29 is 18.7 Å². The van der Waals surface area contributed by atoms with Crippen molar-refractivity contribution in [1.29, 1.82) is 0 Å². The molecule has 1 fully saturated rings. The average molecular weight is 357 g/mol. The minimum Gasteiger partial charge on any atom is -0.376 e. The monoisotopic (exact) mass is 357 g/mol. The highest BCUT2D eigenvalue weighted by Crippen LogP contribution is 2.16. The van der Waals surface area contributed by atoms with Crippen LogP contribution >= 0.6 is 0 Å². The van der Waals surface area contributed by atoms with Crippen molar-refractivity contribution in [1.82, 2.24) is 5.32 Å². The zero-order valence-corrected chi connectivity index (χ0v) is 14.1. The van der Waals surface area contributed by atoms with E-state index >= 15 is 0 Å². The summed E-state index contributed by atoms with van der Waals surface area (Å²) in [6, 6.07) is 12.0. The van der Waals surface area contributed by atoms with Gasteiger partial charge >= 0.3 is 6.03 Å². The summed E-state index contributed by atoms with van der Waals surface area (Å²) in [5, 5.41) is 8.09. The van der Waals surface area contributed by atoms with Gasteiger partial charge in [-0.05, 0) is 49.2 Å². The summed E-state index contributed by atoms with van der Waals surface area (Å²) in [6.07, 6.45) is 2.06. The van der Waals surface area contributed by atoms with Gasteiger partial charge in [-0.1, -0.05) is 12.1 Å². The molecule has 0 spiro atoms. The zero-order valence-electron chi connectivity index (χ0n) is 14.1. The molecule has 3 amide bonds. The molecule has 1 aliphatic rings. The third-order valence-electron chi connectivity index (χ3n) is 4.03. The number of nitrogens with one attached hydrogen (secondary N) is 3. The van der Waals surface area contributed by atoms with Gasteiger partial charge in [0.25, 0.3) is 5.91 Å². The van der Waals surface area contributed by atoms with E-state index in [1.807, 2.05) is 0 Å². The maximum atomic E-state index is 13.6. The number of benzene rings is 2. The van der Waals surface area contributed by atoms with Crippen LogP contribution in [0.25, 0.3) is 0 Å². The molecular weight excluding hydrogens is 337 g/mol. The number of hydrogen-bond acceptors (Lipinski definition) is 3. The predicted octanol–water partition coefficient (Wildman–Crippen LogP) is 3.38. The van der Waals surface area contributed by atoms with Crippen LogP contribution in [0.3, 0.4) is 0 Å². The van der Waals surface area contributed by atoms with Crippen LogP contribution in [0.1, 0.15) is 23.2 Å². The number of halogens is 1. The Morgan fingerprint density at radius 1 is 1.04 bits per heavy atom. The van der Waals surface area contributed by atoms with E-state index in [9.17, 15) is 14.0 Å². The average Bonchev–Trinajstić information content (AvgIpc) is 3.15. The summed E-state index contributed by atoms with van der Waals surface area (Å²) in [7, 11) is 0. The molecule has 6 nitrogen and oxygen atoms in total. The molecule has 1 unspecified atom stereocenters. The third kappa shape index (κ3) is 4.80. The first-order chi connectivity index (χ1) is 12.6. The molecule has 2 aromatic rings. The van der Waals surface area contributed by atoms with Gasteiger partial charge < -0.3 is 20.7 Å². The van der Waals surface area contributed by atoms with E-state index in [1.165, 1.54) is 18.2 Å². The molecule has 3 rings (SSSR count). The fourth-order valence-corrected chi connectivity index (χ4v) is 2.67. The smallest absolute Gasteiger partial charge is 0.319 e. The highest BCUT2D eigenvalue weighted by Gasteiger charge is 2.16. The number of amides is 3. The van der Waals surface area contributed by atoms with Gasteiger partial charge in [-0.15, -0.1) is 0 Å². The number of ether oxygens (including phenoxy) is 1. The Morgan fingerprint density at radius 3 is 2.38 bits per heavy atom. The molecule has 1 aliphatic heterocycles. The topological polar surface area (TPSA) is 79.5 Å². The normalized spacial score (nSPS) is 16.1. The second-order valence-electron chi connectivity index (χ2n) is 5.98. The Labute approximate surface area is 150 Å². The van der Waals surface area contributed by atoms with E-state index in [2.05, 4.69) is 16.0 Å². The molecule has 0 saturated carbocycles. The molecule has 0 radical (unpaired) electrons. The van der Waals surface area contributed by atoms with Gasteiger partial charge in [-0.25, -0.2) is 9.18 Å². The molecule has 1 atom stereocenters. The maximum Gasteiger partial charge on any atom is 0.319 e. The van der Waals surface area contributed by atoms with Crippen molar-refractivity contribution >= 4 is 23.3 Å². The number of rotatable bonds is 5. The van der Waals surface area contributed by atoms with Crippen molar-refractivity contribution in [3.8, 4) is 0 Å². The second kappa shape index (κ2) is 8.44. The predicted molar refractivity (Wildman–Crippen MR) is 96.8 cm³/mol. The van der Waals surface area contributed by atoms with E-state index in [4.69, 9.17) is 4.74 Å². The quantitative estimate of drug-likeness (QED) is 0.767. The number of hydrogen-bond donors (Lipinski definition) is 3. The van der Waals surface area contributed by atoms with Gasteiger partial charge in [0.2, 0.25) is 0 Å². The number of anilines is 2. The molecule has 0 bridgehead atoms. The summed E-state index contributed by atoms with van der Waals surface area (Å²) >= 11 is 0. The minimum atomic E-state index is -0.578. The highest BCUT2D eigenvalue weighted by atomic mass is 19.1. The second-order valence-corrected chi connectivity index (χ2v) is 5.98. The lowest BCUT2D eigenvalue weighted by atomic mass is 10.2. The number of carbonyl (C=O) groups excluding carboxylic acids is 2. The summed E-state index contributed by atoms with van der Waals surface area (Å²) in [6.45, 7) is 1.22. The lowest BCUT2D eigenvalue weighted by Gasteiger charge is -2.12. The van der Waals surface area contributed by atoms with Gasteiger partial charge in [-0.2, -0.15) is 0 Å². The van der Waals surface area contributed by atoms with Crippen LogP contribution in [0.2, 0.25) is 0 Å². The highest BCUT2D eigenvalue weighted by molar-refractivity contribution is 6.04. The maximum absolute atomic E-state index is 13.6. The number of urea groups is 1. The summed E-state index contributed by atoms with van der Waals surface area (Å²) in [5.41, 5.74) is 1.06. The molecule has 0 aromatic heterocycles. The van der Waals surface area contributed by atoms with Crippen molar-refractivity contribution in [3.63, 3.8) is 0 Å². The standard InChI is InChI=1S/C19H20FN3O3/c20-17-6-2-1-5-16(17)18(24)22-13-7-9-14(10-8-13)23-19(25)21-12-15-4-3-11-26-15/h1-2,5-10,15H,3-4,11-12H2,(H,22,24)(H2,21,23,25). The van der Waals surface area contributed by atoms with E-state index in [0.717, 1.165) is 19.4 Å². The Bertz CT molecular complexity index is 774. The first kappa shape index (κ1) is 17.9. The Hall–Kier alpha value is -2.93. The van der Waals surface area contributed by atoms with Crippen LogP contribution in [0.5, 0.6) is 0 Å². The van der Waals surface area contributed by atoms with Gasteiger partial charge in [0.05, 0.1) is 11.7 Å². The van der Waals surface area contributed by atoms with Gasteiger partial charge in [0.15, 0.2) is 0 Å². The lowest BCUT2D eigenvalue weighted by Crippen LogP contribution is -2.35. The minimum absolute atomic E-state index is 0.0248. The fraction of sp³-hybridized carbons (Fsp3) is 0.263. The summed E-state index contributed by atoms with van der Waals surface area (Å²) in [4.78, 5) is 23.9. The third-order valence-corrected chi connectivity index (χ3v) is 4.03. The van der Waals surface area contributed by atoms with Crippen molar-refractivity contribution in [3.05, 3.63) is 59.9 Å². The fourth-order valence-electron chi connectivity index (χ4n) is 2.67. The molecule has 3 N–H and O–H groups in total. The van der Waals surface area contributed by atoms with Crippen LogP contribution in [0.4, 0.5) is 20.6 Å². The van der Waals surface area contributed by atoms with Gasteiger partial charge in [-0.3, -0.25) is 4.79 Å². The Balaban J connectivity index is 1.50. The van der Waals surface area contributed by atoms with E-state index in [-0.39, 0.29) is 17.7 Å². The first-order valence-corrected chi connectivity index (χ1v) is 8.44. The van der Waals surface area contributed by atoms with E-state index in [0.29, 0.717) is 17.9 Å². The number of carbonyl (C=O) groups is 2. The summed E-state index contributed by atoms with van der Waals surface area (Å²) in [5.74, 6) is -1.11. The molecular formula is C19H20FN3O3. The molecule has 7 heteroatoms. The van der Waals surface area contributed by atoms with Crippen molar-refractivity contribution in [2.75, 3.05) is 23.8 Å². The molecule has 1 heterocycles. The van der Waals surface area contributed by atoms with E-state index in [1.54, 1.807) is 30.3 Å². The van der Waals surface area contributed by atoms with Crippen LogP contribution < -0.4 is 16.0 Å². The zero-order chi connectivity index (χ0) is 18.4. The molecule has 136 valence electrons. The largest absolute Gasteiger partial charge is 0.376 e. The first-order valence-electron chi connectivity index (χ1n) is 8.44. The van der Waals surface area contributed by atoms with E-state index < -0.39 is 11.7 Å². The SMILES string of the molecule is O=C(NCC1CCCO1)Nc1ccc(NC(=O)c2ccccc2F)cc1. The summed E-state index contributed by atoms with van der Waals surface area (Å²) < 4.78 is 19.1. The lowest BCUT2D eigenvalue weighted by molar-refractivity contribution is 0.102.